The summed E-state index contributed by atoms with van der Waals surface area (Å²) in [5, 5.41) is 18.9. The van der Waals surface area contributed by atoms with E-state index in [0.29, 0.717) is 10.6 Å². The van der Waals surface area contributed by atoms with Crippen molar-refractivity contribution in [2.24, 2.45) is 0 Å². The van der Waals surface area contributed by atoms with Crippen LogP contribution in [0.2, 0.25) is 0 Å². The quantitative estimate of drug-likeness (QED) is 0.486. The molecular formula is C16H12F2N4O4S. The van der Waals surface area contributed by atoms with Crippen LogP contribution in [0, 0.1) is 10.1 Å². The number of nitrogens with one attached hydrogen (secondary N) is 1. The third-order valence-corrected chi connectivity index (χ3v) is 4.35. The summed E-state index contributed by atoms with van der Waals surface area (Å²) in [6.45, 7) is -2.62. The van der Waals surface area contributed by atoms with Gasteiger partial charge in [-0.05, 0) is 46.2 Å². The van der Waals surface area contributed by atoms with E-state index in [1.165, 1.54) is 52.5 Å². The van der Waals surface area contributed by atoms with Gasteiger partial charge in [0.25, 0.3) is 5.91 Å². The maximum Gasteiger partial charge on any atom is 0.389 e. The Morgan fingerprint density at radius 1 is 1.33 bits per heavy atom. The minimum atomic E-state index is -2.91. The van der Waals surface area contributed by atoms with E-state index < -0.39 is 11.5 Å². The molecule has 0 saturated heterocycles. The Labute approximate surface area is 155 Å². The molecule has 0 spiro atoms. The first-order valence-corrected chi connectivity index (χ1v) is 8.40. The molecule has 2 heterocycles. The average molecular weight is 394 g/mol. The van der Waals surface area contributed by atoms with Gasteiger partial charge >= 0.3 is 12.4 Å². The third kappa shape index (κ3) is 4.85. The summed E-state index contributed by atoms with van der Waals surface area (Å²) in [7, 11) is 0. The molecule has 0 saturated carbocycles. The van der Waals surface area contributed by atoms with Gasteiger partial charge in [-0.2, -0.15) is 13.5 Å². The second-order valence-corrected chi connectivity index (χ2v) is 6.22. The first kappa shape index (κ1) is 18.5. The fraction of sp³-hybridized carbons (Fsp3) is 0.125. The van der Waals surface area contributed by atoms with Gasteiger partial charge < -0.3 is 20.2 Å². The molecule has 0 fully saturated rings. The molecule has 8 nitrogen and oxygen atoms in total. The lowest BCUT2D eigenvalue weighted by molar-refractivity contribution is -0.389. The van der Waals surface area contributed by atoms with E-state index in [0.717, 1.165) is 5.56 Å². The number of alkyl halides is 2. The number of hydrogen-bond donors (Lipinski definition) is 1. The van der Waals surface area contributed by atoms with Crippen molar-refractivity contribution < 1.29 is 23.2 Å². The van der Waals surface area contributed by atoms with Crippen molar-refractivity contribution >= 4 is 28.7 Å². The van der Waals surface area contributed by atoms with Gasteiger partial charge in [-0.1, -0.05) is 0 Å². The van der Waals surface area contributed by atoms with Crippen molar-refractivity contribution in [1.29, 1.82) is 0 Å². The fourth-order valence-corrected chi connectivity index (χ4v) is 3.01. The Balaban J connectivity index is 1.61. The van der Waals surface area contributed by atoms with Crippen molar-refractivity contribution in [3.8, 4) is 5.75 Å². The van der Waals surface area contributed by atoms with E-state index in [1.807, 2.05) is 0 Å². The lowest BCUT2D eigenvalue weighted by Crippen LogP contribution is -2.10. The molecule has 1 amide bonds. The summed E-state index contributed by atoms with van der Waals surface area (Å²) >= 11 is 1.21. The molecule has 3 rings (SSSR count). The maximum atomic E-state index is 12.3. The van der Waals surface area contributed by atoms with Gasteiger partial charge in [0.1, 0.15) is 5.75 Å². The van der Waals surface area contributed by atoms with Crippen LogP contribution in [0.5, 0.6) is 5.75 Å². The van der Waals surface area contributed by atoms with Gasteiger partial charge in [-0.25, -0.2) is 0 Å². The van der Waals surface area contributed by atoms with E-state index in [2.05, 4.69) is 15.2 Å². The molecule has 3 aromatic rings. The topological polar surface area (TPSA) is 99.3 Å². The van der Waals surface area contributed by atoms with Crippen LogP contribution >= 0.6 is 11.3 Å². The number of nitrogens with zero attached hydrogens (tertiary/aromatic N) is 3. The van der Waals surface area contributed by atoms with Gasteiger partial charge in [0, 0.05) is 5.69 Å². The number of carbonyl (C=O) groups excluding carboxylic acids is 1. The molecule has 0 bridgehead atoms. The molecule has 0 radical (unpaired) electrons. The predicted molar refractivity (Wildman–Crippen MR) is 93.3 cm³/mol. The van der Waals surface area contributed by atoms with E-state index in [1.54, 1.807) is 11.4 Å². The van der Waals surface area contributed by atoms with Gasteiger partial charge in [-0.15, -0.1) is 11.3 Å². The zero-order valence-corrected chi connectivity index (χ0v) is 14.4. The number of hydrogen-bond acceptors (Lipinski definition) is 6. The number of nitro groups is 1. The number of carbonyl (C=O) groups is 1. The summed E-state index contributed by atoms with van der Waals surface area (Å²) in [5.41, 5.74) is 1.20. The SMILES string of the molecule is O=C(Nc1ccc(OC(F)F)cc1)c1cc(Cn2ccc([N+](=O)[O-])n2)cs1. The highest BCUT2D eigenvalue weighted by molar-refractivity contribution is 7.12. The Bertz CT molecular complexity index is 955. The normalized spacial score (nSPS) is 10.8. The van der Waals surface area contributed by atoms with Gasteiger partial charge in [-0.3, -0.25) is 4.79 Å². The maximum absolute atomic E-state index is 12.3. The fourth-order valence-electron chi connectivity index (χ4n) is 2.21. The number of benzene rings is 1. The molecule has 0 unspecified atom stereocenters. The first-order valence-electron chi connectivity index (χ1n) is 7.52. The highest BCUT2D eigenvalue weighted by Crippen LogP contribution is 2.21. The summed E-state index contributed by atoms with van der Waals surface area (Å²) in [6, 6.07) is 8.50. The molecule has 11 heteroatoms. The molecule has 1 aromatic carbocycles. The van der Waals surface area contributed by atoms with Gasteiger partial charge in [0.15, 0.2) is 0 Å². The van der Waals surface area contributed by atoms with Crippen LogP contribution < -0.4 is 10.1 Å². The van der Waals surface area contributed by atoms with Crippen LogP contribution in [0.3, 0.4) is 0 Å². The molecular weight excluding hydrogens is 382 g/mol. The molecule has 27 heavy (non-hydrogen) atoms. The van der Waals surface area contributed by atoms with Crippen molar-refractivity contribution in [3.05, 3.63) is 68.5 Å². The molecule has 140 valence electrons. The number of rotatable bonds is 7. The second kappa shape index (κ2) is 7.91. The molecule has 0 aliphatic carbocycles. The van der Waals surface area contributed by atoms with Crippen LogP contribution in [-0.2, 0) is 6.54 Å². The van der Waals surface area contributed by atoms with Crippen LogP contribution in [-0.4, -0.2) is 27.2 Å². The zero-order valence-electron chi connectivity index (χ0n) is 13.5. The highest BCUT2D eigenvalue weighted by atomic mass is 32.1. The second-order valence-electron chi connectivity index (χ2n) is 5.30. The van der Waals surface area contributed by atoms with Crippen molar-refractivity contribution in [3.63, 3.8) is 0 Å². The van der Waals surface area contributed by atoms with E-state index in [4.69, 9.17) is 0 Å². The van der Waals surface area contributed by atoms with E-state index in [-0.39, 0.29) is 24.0 Å². The minimum absolute atomic E-state index is 0.00488. The number of halogens is 2. The number of aromatic nitrogens is 2. The van der Waals surface area contributed by atoms with Crippen LogP contribution in [0.1, 0.15) is 15.2 Å². The molecule has 1 N–H and O–H groups in total. The smallest absolute Gasteiger partial charge is 0.389 e. The average Bonchev–Trinajstić information content (AvgIpc) is 3.26. The Morgan fingerprint density at radius 2 is 2.07 bits per heavy atom. The number of ether oxygens (including phenoxy) is 1. The number of anilines is 1. The van der Waals surface area contributed by atoms with Crippen molar-refractivity contribution in [2.45, 2.75) is 13.2 Å². The summed E-state index contributed by atoms with van der Waals surface area (Å²) in [5.74, 6) is -0.614. The van der Waals surface area contributed by atoms with Crippen molar-refractivity contribution in [2.75, 3.05) is 5.32 Å². The third-order valence-electron chi connectivity index (χ3n) is 3.37. The molecule has 2 aromatic heterocycles. The predicted octanol–water partition coefficient (Wildman–Crippen LogP) is 3.75. The first-order chi connectivity index (χ1) is 12.9. The minimum Gasteiger partial charge on any atom is -0.435 e. The Hall–Kier alpha value is -3.34. The van der Waals surface area contributed by atoms with E-state index in [9.17, 15) is 23.7 Å². The Kier molecular flexibility index (Phi) is 5.41. The number of amides is 1. The summed E-state index contributed by atoms with van der Waals surface area (Å²) < 4.78 is 29.9. The standard InChI is InChI=1S/C16H12F2N4O4S/c17-16(18)26-12-3-1-11(2-4-12)19-15(23)13-7-10(9-27-13)8-21-6-5-14(20-21)22(24)25/h1-7,9,16H,8H2,(H,19,23). The van der Waals surface area contributed by atoms with Gasteiger partial charge in [0.2, 0.25) is 0 Å². The monoisotopic (exact) mass is 394 g/mol. The van der Waals surface area contributed by atoms with E-state index >= 15 is 0 Å². The van der Waals surface area contributed by atoms with Crippen LogP contribution in [0.25, 0.3) is 0 Å². The molecule has 0 aliphatic heterocycles. The summed E-state index contributed by atoms with van der Waals surface area (Å²) in [4.78, 5) is 22.8. The number of thiophene rings is 1. The summed E-state index contributed by atoms with van der Waals surface area (Å²) in [6.07, 6.45) is 1.48. The lowest BCUT2D eigenvalue weighted by Gasteiger charge is -2.06. The molecule has 0 aliphatic rings. The largest absolute Gasteiger partial charge is 0.435 e. The highest BCUT2D eigenvalue weighted by Gasteiger charge is 2.14. The van der Waals surface area contributed by atoms with Gasteiger partial charge in [0.05, 0.1) is 28.8 Å². The van der Waals surface area contributed by atoms with Crippen LogP contribution in [0.15, 0.2) is 48.0 Å². The Morgan fingerprint density at radius 3 is 2.70 bits per heavy atom. The van der Waals surface area contributed by atoms with Crippen LogP contribution in [0.4, 0.5) is 20.3 Å². The molecule has 0 atom stereocenters. The van der Waals surface area contributed by atoms with Crippen molar-refractivity contribution in [1.82, 2.24) is 9.78 Å². The lowest BCUT2D eigenvalue weighted by atomic mass is 10.2. The zero-order chi connectivity index (χ0) is 19.4.